The van der Waals surface area contributed by atoms with Gasteiger partial charge < -0.3 is 52.8 Å². The van der Waals surface area contributed by atoms with Crippen molar-refractivity contribution in [2.45, 2.75) is 52.1 Å². The third-order valence-corrected chi connectivity index (χ3v) is 9.23. The van der Waals surface area contributed by atoms with Crippen molar-refractivity contribution in [3.63, 3.8) is 0 Å². The van der Waals surface area contributed by atoms with Gasteiger partial charge in [0.15, 0.2) is 0 Å². The van der Waals surface area contributed by atoms with E-state index in [2.05, 4.69) is 26.3 Å². The number of hydrogen-bond donors (Lipinski definition) is 2. The summed E-state index contributed by atoms with van der Waals surface area (Å²) < 4.78 is 50.6. The van der Waals surface area contributed by atoms with E-state index in [0.717, 1.165) is 22.3 Å². The quantitative estimate of drug-likeness (QED) is 0.0330. The highest BCUT2D eigenvalue weighted by Gasteiger charge is 2.23. The number of hydrogen-bond acceptors (Lipinski definition) is 15. The Morgan fingerprint density at radius 2 is 0.597 bits per heavy atom. The number of carbonyl (C=O) groups is 4. The van der Waals surface area contributed by atoms with E-state index in [4.69, 9.17) is 42.6 Å². The van der Waals surface area contributed by atoms with Gasteiger partial charge in [0.25, 0.3) is 0 Å². The summed E-state index contributed by atoms with van der Waals surface area (Å²) in [5.74, 6) is -0.344. The third-order valence-electron chi connectivity index (χ3n) is 9.23. The van der Waals surface area contributed by atoms with Crippen molar-refractivity contribution in [1.29, 1.82) is 0 Å². The van der Waals surface area contributed by atoms with Crippen molar-refractivity contribution >= 4 is 23.9 Å². The van der Waals surface area contributed by atoms with Crippen molar-refractivity contribution in [3.8, 4) is 45.3 Å². The van der Waals surface area contributed by atoms with Crippen LogP contribution < -0.4 is 18.9 Å². The molecule has 356 valence electrons. The van der Waals surface area contributed by atoms with Gasteiger partial charge in [0.05, 0.1) is 0 Å². The minimum absolute atomic E-state index is 0.0536. The zero-order chi connectivity index (χ0) is 48.9. The summed E-state index contributed by atoms with van der Waals surface area (Å²) in [4.78, 5) is 47.9. The van der Waals surface area contributed by atoms with Gasteiger partial charge in [0.2, 0.25) is 0 Å². The molecule has 4 aromatic rings. The van der Waals surface area contributed by atoms with E-state index in [9.17, 15) is 29.4 Å². The maximum atomic E-state index is 12.4. The fourth-order valence-electron chi connectivity index (χ4n) is 5.53. The van der Waals surface area contributed by atoms with Gasteiger partial charge in [-0.2, -0.15) is 0 Å². The molecule has 2 N–H and O–H groups in total. The molecule has 0 aliphatic carbocycles. The number of carbonyl (C=O) groups excluding carboxylic acids is 4. The van der Waals surface area contributed by atoms with Crippen LogP contribution in [0.4, 0.5) is 0 Å². The van der Waals surface area contributed by atoms with E-state index in [1.165, 1.54) is 27.7 Å². The van der Waals surface area contributed by atoms with Gasteiger partial charge >= 0.3 is 23.9 Å². The molecule has 0 aromatic heterocycles. The van der Waals surface area contributed by atoms with Gasteiger partial charge in [-0.25, -0.2) is 19.2 Å². The Bertz CT molecular complexity index is 2140. The summed E-state index contributed by atoms with van der Waals surface area (Å²) in [5.41, 5.74) is 4.43. The molecule has 4 unspecified atom stereocenters. The first-order valence-electron chi connectivity index (χ1n) is 21.2. The topological polar surface area (TPSA) is 192 Å². The molecule has 67 heavy (non-hydrogen) atoms. The highest BCUT2D eigenvalue weighted by Crippen LogP contribution is 2.27. The minimum atomic E-state index is -1.01. The standard InChI is InChI=1S/C52H58O15/c1-33(2)49(55)63-27-41(53)25-59-43-17-9-37(10-18-43)39-13-21-45(22-14-39)61-29-47(31-65-51(57)35(5)6)67-48(32-66-52(58)36(7)8)30-62-46-23-15-40(16-24-46)38-11-19-44(20-12-38)60-26-42(54)28-64-50(56)34(3)4/h9-24,41-42,47-48,53-54H,1,3,5,7,25-32H2,2,4,6,8H3. The van der Waals surface area contributed by atoms with Crippen molar-refractivity contribution in [3.05, 3.63) is 146 Å². The Hall–Kier alpha value is -7.20. The van der Waals surface area contributed by atoms with Crippen LogP contribution in [0.1, 0.15) is 27.7 Å². The summed E-state index contributed by atoms with van der Waals surface area (Å²) in [7, 11) is 0. The summed E-state index contributed by atoms with van der Waals surface area (Å²) in [6.07, 6.45) is -3.68. The highest BCUT2D eigenvalue weighted by molar-refractivity contribution is 5.88. The van der Waals surface area contributed by atoms with Crippen LogP contribution in [0.25, 0.3) is 22.3 Å². The summed E-state index contributed by atoms with van der Waals surface area (Å²) in [5, 5.41) is 20.2. The van der Waals surface area contributed by atoms with Crippen molar-refractivity contribution in [1.82, 2.24) is 0 Å². The Morgan fingerprint density at radius 3 is 0.836 bits per heavy atom. The SMILES string of the molecule is C=C(C)C(=O)OCC(O)COc1ccc(-c2ccc(OCC(COC(=O)C(=C)C)OC(COC(=O)C(=C)C)COc3ccc(-c4ccc(OCC(O)COC(=O)C(=C)C)cc4)cc3)cc2)cc1. The molecule has 15 heteroatoms. The van der Waals surface area contributed by atoms with Crippen molar-refractivity contribution in [2.75, 3.05) is 52.9 Å². The van der Waals surface area contributed by atoms with Crippen molar-refractivity contribution < 1.29 is 72.0 Å². The molecule has 0 saturated carbocycles. The van der Waals surface area contributed by atoms with Crippen LogP contribution in [0.2, 0.25) is 0 Å². The summed E-state index contributed by atoms with van der Waals surface area (Å²) in [6, 6.07) is 29.1. The predicted molar refractivity (Wildman–Crippen MR) is 250 cm³/mol. The molecule has 0 radical (unpaired) electrons. The lowest BCUT2D eigenvalue weighted by Crippen LogP contribution is -2.38. The first-order chi connectivity index (χ1) is 32.0. The Kier molecular flexibility index (Phi) is 20.9. The fraction of sp³-hybridized carbons (Fsp3) is 0.308. The largest absolute Gasteiger partial charge is 0.491 e. The van der Waals surface area contributed by atoms with E-state index >= 15 is 0 Å². The van der Waals surface area contributed by atoms with Gasteiger partial charge in [-0.15, -0.1) is 0 Å². The molecule has 15 nitrogen and oxygen atoms in total. The van der Waals surface area contributed by atoms with Crippen LogP contribution in [0.5, 0.6) is 23.0 Å². The zero-order valence-electron chi connectivity index (χ0n) is 38.2. The average molecular weight is 923 g/mol. The van der Waals surface area contributed by atoms with E-state index in [-0.39, 0.29) is 75.1 Å². The molecular weight excluding hydrogens is 865 g/mol. The van der Waals surface area contributed by atoms with Crippen LogP contribution in [0, 0.1) is 0 Å². The van der Waals surface area contributed by atoms with Crippen LogP contribution >= 0.6 is 0 Å². The lowest BCUT2D eigenvalue weighted by molar-refractivity contribution is -0.154. The van der Waals surface area contributed by atoms with E-state index in [1.807, 2.05) is 48.5 Å². The minimum Gasteiger partial charge on any atom is -0.491 e. The number of benzene rings is 4. The fourth-order valence-corrected chi connectivity index (χ4v) is 5.53. The first-order valence-corrected chi connectivity index (χ1v) is 21.2. The number of aliphatic hydroxyl groups is 2. The lowest BCUT2D eigenvalue weighted by Gasteiger charge is -2.25. The average Bonchev–Trinajstić information content (AvgIpc) is 3.32. The van der Waals surface area contributed by atoms with Crippen LogP contribution in [0.15, 0.2) is 146 Å². The normalized spacial score (nSPS) is 12.5. The van der Waals surface area contributed by atoms with Gasteiger partial charge in [0.1, 0.15) is 100 Å². The molecule has 0 amide bonds. The molecule has 4 aromatic carbocycles. The van der Waals surface area contributed by atoms with Gasteiger partial charge in [0, 0.05) is 22.3 Å². The molecule has 0 aliphatic rings. The predicted octanol–water partition coefficient (Wildman–Crippen LogP) is 7.19. The highest BCUT2D eigenvalue weighted by atomic mass is 16.6. The summed E-state index contributed by atoms with van der Waals surface area (Å²) >= 11 is 0. The molecule has 4 atom stereocenters. The number of esters is 4. The second-order valence-electron chi connectivity index (χ2n) is 15.5. The Morgan fingerprint density at radius 1 is 0.373 bits per heavy atom. The second kappa shape index (κ2) is 26.7. The molecule has 0 saturated heterocycles. The van der Waals surface area contributed by atoms with Crippen molar-refractivity contribution in [2.24, 2.45) is 0 Å². The smallest absolute Gasteiger partial charge is 0.333 e. The third kappa shape index (κ3) is 18.7. The van der Waals surface area contributed by atoms with E-state index in [0.29, 0.717) is 23.0 Å². The van der Waals surface area contributed by atoms with E-state index < -0.39 is 48.3 Å². The van der Waals surface area contributed by atoms with E-state index in [1.54, 1.807) is 48.5 Å². The first kappa shape index (κ1) is 52.4. The maximum absolute atomic E-state index is 12.4. The number of ether oxygens (including phenoxy) is 9. The van der Waals surface area contributed by atoms with Gasteiger partial charge in [-0.05, 0) is 98.5 Å². The number of rotatable bonds is 28. The van der Waals surface area contributed by atoms with Crippen LogP contribution in [-0.4, -0.2) is 111 Å². The molecule has 0 spiro atoms. The molecule has 0 fully saturated rings. The Balaban J connectivity index is 1.35. The molecule has 0 heterocycles. The molecule has 0 aliphatic heterocycles. The Labute approximate surface area is 390 Å². The number of aliphatic hydroxyl groups excluding tert-OH is 2. The second-order valence-corrected chi connectivity index (χ2v) is 15.5. The summed E-state index contributed by atoms with van der Waals surface area (Å²) in [6.45, 7) is 19.3. The molecule has 4 rings (SSSR count). The van der Waals surface area contributed by atoms with Gasteiger partial charge in [-0.1, -0.05) is 74.8 Å². The van der Waals surface area contributed by atoms with Gasteiger partial charge in [-0.3, -0.25) is 0 Å². The van der Waals surface area contributed by atoms with Crippen LogP contribution in [-0.2, 0) is 42.9 Å². The lowest BCUT2D eigenvalue weighted by atomic mass is 10.1. The maximum Gasteiger partial charge on any atom is 0.333 e. The molecular formula is C52H58O15. The molecule has 0 bridgehead atoms. The monoisotopic (exact) mass is 922 g/mol. The zero-order valence-corrected chi connectivity index (χ0v) is 38.2. The van der Waals surface area contributed by atoms with Crippen LogP contribution in [0.3, 0.4) is 0 Å².